The van der Waals surface area contributed by atoms with Crippen LogP contribution in [-0.4, -0.2) is 57.7 Å². The average molecular weight is 382 g/mol. The zero-order valence-electron chi connectivity index (χ0n) is 15.4. The highest BCUT2D eigenvalue weighted by Crippen LogP contribution is 2.28. The summed E-state index contributed by atoms with van der Waals surface area (Å²) in [4.78, 5) is 12.2. The zero-order valence-corrected chi connectivity index (χ0v) is 16.2. The van der Waals surface area contributed by atoms with Crippen molar-refractivity contribution in [2.75, 3.05) is 33.1 Å². The Balaban J connectivity index is 1.90. The van der Waals surface area contributed by atoms with Gasteiger partial charge in [-0.05, 0) is 37.5 Å². The van der Waals surface area contributed by atoms with E-state index in [1.165, 1.54) is 10.6 Å². The molecule has 2 rings (SSSR count). The van der Waals surface area contributed by atoms with Gasteiger partial charge in [-0.2, -0.15) is 0 Å². The molecule has 1 heterocycles. The van der Waals surface area contributed by atoms with Crippen molar-refractivity contribution in [3.63, 3.8) is 0 Å². The number of allylic oxidation sites excluding steroid dienone is 1. The molecule has 1 unspecified atom stereocenters. The lowest BCUT2D eigenvalue weighted by Crippen LogP contribution is -2.50. The van der Waals surface area contributed by atoms with Crippen molar-refractivity contribution in [2.24, 2.45) is 0 Å². The maximum absolute atomic E-state index is 12.2. The standard InChI is InChI=1S/C18H26N2O5S/c1-4-6-14-8-9-16(17(11-14)24-2)25-13-18(21)19-15-7-5-10-20(12-15)26(3,22)23/h4,6,8-9,11,15H,5,7,10,12-13H2,1-3H3,(H,19,21)/b6-4+. The molecule has 1 atom stereocenters. The number of hydrogen-bond donors (Lipinski definition) is 1. The molecule has 7 nitrogen and oxygen atoms in total. The molecule has 26 heavy (non-hydrogen) atoms. The van der Waals surface area contributed by atoms with E-state index in [1.54, 1.807) is 13.2 Å². The number of sulfonamides is 1. The lowest BCUT2D eigenvalue weighted by atomic mass is 10.1. The van der Waals surface area contributed by atoms with Gasteiger partial charge in [-0.25, -0.2) is 12.7 Å². The molecule has 0 radical (unpaired) electrons. The summed E-state index contributed by atoms with van der Waals surface area (Å²) in [5.74, 6) is 0.747. The Kier molecular flexibility index (Phi) is 7.05. The van der Waals surface area contributed by atoms with Crippen LogP contribution in [0.4, 0.5) is 0 Å². The van der Waals surface area contributed by atoms with Crippen molar-refractivity contribution in [3.8, 4) is 11.5 Å². The molecule has 0 spiro atoms. The SMILES string of the molecule is C/C=C/c1ccc(OCC(=O)NC2CCCN(S(C)(=O)=O)C2)c(OC)c1. The van der Waals surface area contributed by atoms with Gasteiger partial charge in [0.25, 0.3) is 5.91 Å². The molecule has 1 amide bonds. The van der Waals surface area contributed by atoms with Crippen LogP contribution < -0.4 is 14.8 Å². The van der Waals surface area contributed by atoms with Crippen molar-refractivity contribution in [2.45, 2.75) is 25.8 Å². The topological polar surface area (TPSA) is 84.9 Å². The fraction of sp³-hybridized carbons (Fsp3) is 0.500. The summed E-state index contributed by atoms with van der Waals surface area (Å²) in [6.45, 7) is 2.56. The van der Waals surface area contributed by atoms with E-state index in [9.17, 15) is 13.2 Å². The lowest BCUT2D eigenvalue weighted by molar-refractivity contribution is -0.124. The fourth-order valence-corrected chi connectivity index (χ4v) is 3.79. The van der Waals surface area contributed by atoms with Crippen LogP contribution in [0.25, 0.3) is 6.08 Å². The monoisotopic (exact) mass is 382 g/mol. The molecule has 1 aliphatic heterocycles. The zero-order chi connectivity index (χ0) is 19.2. The number of methoxy groups -OCH3 is 1. The van der Waals surface area contributed by atoms with Crippen molar-refractivity contribution in [3.05, 3.63) is 29.8 Å². The Morgan fingerprint density at radius 1 is 1.38 bits per heavy atom. The van der Waals surface area contributed by atoms with Gasteiger partial charge in [0.05, 0.1) is 13.4 Å². The summed E-state index contributed by atoms with van der Waals surface area (Å²) in [6.07, 6.45) is 6.52. The van der Waals surface area contributed by atoms with Crippen LogP contribution >= 0.6 is 0 Å². The first-order chi connectivity index (χ1) is 12.3. The molecule has 144 valence electrons. The fourth-order valence-electron chi connectivity index (χ4n) is 2.87. The first-order valence-electron chi connectivity index (χ1n) is 8.51. The Bertz CT molecular complexity index is 761. The van der Waals surface area contributed by atoms with E-state index in [1.807, 2.05) is 31.2 Å². The second-order valence-electron chi connectivity index (χ2n) is 6.23. The third kappa shape index (κ3) is 5.74. The van der Waals surface area contributed by atoms with Crippen molar-refractivity contribution in [1.82, 2.24) is 9.62 Å². The van der Waals surface area contributed by atoms with Crippen molar-refractivity contribution < 1.29 is 22.7 Å². The van der Waals surface area contributed by atoms with Crippen molar-refractivity contribution in [1.29, 1.82) is 0 Å². The first-order valence-corrected chi connectivity index (χ1v) is 10.4. The molecule has 0 saturated carbocycles. The number of hydrogen-bond acceptors (Lipinski definition) is 5. The van der Waals surface area contributed by atoms with Crippen LogP contribution in [0.15, 0.2) is 24.3 Å². The van der Waals surface area contributed by atoms with Crippen LogP contribution in [-0.2, 0) is 14.8 Å². The number of benzene rings is 1. The maximum Gasteiger partial charge on any atom is 0.258 e. The summed E-state index contributed by atoms with van der Waals surface area (Å²) in [6, 6.07) is 5.26. The number of carbonyl (C=O) groups is 1. The average Bonchev–Trinajstić information content (AvgIpc) is 2.60. The Hall–Kier alpha value is -2.06. The lowest BCUT2D eigenvalue weighted by Gasteiger charge is -2.31. The van der Waals surface area contributed by atoms with Gasteiger partial charge in [-0.15, -0.1) is 0 Å². The van der Waals surface area contributed by atoms with Crippen molar-refractivity contribution >= 4 is 22.0 Å². The van der Waals surface area contributed by atoms with E-state index in [2.05, 4.69) is 5.32 Å². The largest absolute Gasteiger partial charge is 0.493 e. The minimum Gasteiger partial charge on any atom is -0.493 e. The number of piperidine rings is 1. The van der Waals surface area contributed by atoms with Crippen LogP contribution in [0.2, 0.25) is 0 Å². The summed E-state index contributed by atoms with van der Waals surface area (Å²) >= 11 is 0. The number of carbonyl (C=O) groups excluding carboxylic acids is 1. The Morgan fingerprint density at radius 3 is 2.81 bits per heavy atom. The number of nitrogens with one attached hydrogen (secondary N) is 1. The molecule has 1 aromatic carbocycles. The number of rotatable bonds is 7. The normalized spacial score (nSPS) is 18.7. The van der Waals surface area contributed by atoms with E-state index in [0.29, 0.717) is 24.6 Å². The molecule has 1 aliphatic rings. The summed E-state index contributed by atoms with van der Waals surface area (Å²) < 4.78 is 35.5. The molecule has 8 heteroatoms. The third-order valence-corrected chi connectivity index (χ3v) is 5.39. The molecule has 1 fully saturated rings. The second kappa shape index (κ2) is 9.05. The molecule has 1 N–H and O–H groups in total. The van der Waals surface area contributed by atoms with Crippen LogP contribution in [0.3, 0.4) is 0 Å². The van der Waals surface area contributed by atoms with Crippen LogP contribution in [0.5, 0.6) is 11.5 Å². The maximum atomic E-state index is 12.2. The summed E-state index contributed by atoms with van der Waals surface area (Å²) in [5, 5.41) is 2.84. The van der Waals surface area contributed by atoms with Crippen LogP contribution in [0.1, 0.15) is 25.3 Å². The number of nitrogens with zero attached hydrogens (tertiary/aromatic N) is 1. The van der Waals surface area contributed by atoms with Gasteiger partial charge >= 0.3 is 0 Å². The minimum atomic E-state index is -3.24. The summed E-state index contributed by atoms with van der Waals surface area (Å²) in [7, 11) is -1.69. The molecule has 0 aliphatic carbocycles. The van der Waals surface area contributed by atoms with Gasteiger partial charge in [-0.1, -0.05) is 18.2 Å². The van der Waals surface area contributed by atoms with Crippen LogP contribution in [0, 0.1) is 0 Å². The highest BCUT2D eigenvalue weighted by Gasteiger charge is 2.26. The number of ether oxygens (including phenoxy) is 2. The van der Waals surface area contributed by atoms with Gasteiger partial charge in [0.1, 0.15) is 0 Å². The third-order valence-electron chi connectivity index (χ3n) is 4.12. The second-order valence-corrected chi connectivity index (χ2v) is 8.21. The molecule has 0 bridgehead atoms. The van der Waals surface area contributed by atoms with Gasteiger partial charge < -0.3 is 14.8 Å². The smallest absolute Gasteiger partial charge is 0.258 e. The van der Waals surface area contributed by atoms with E-state index < -0.39 is 10.0 Å². The minimum absolute atomic E-state index is 0.158. The molecule has 1 saturated heterocycles. The predicted octanol–water partition coefficient (Wildman–Crippen LogP) is 1.65. The van der Waals surface area contributed by atoms with E-state index in [-0.39, 0.29) is 18.6 Å². The van der Waals surface area contributed by atoms with Gasteiger partial charge in [0.2, 0.25) is 10.0 Å². The van der Waals surface area contributed by atoms with Gasteiger partial charge in [-0.3, -0.25) is 4.79 Å². The molecule has 0 aromatic heterocycles. The predicted molar refractivity (Wildman–Crippen MR) is 101 cm³/mol. The van der Waals surface area contributed by atoms with Gasteiger partial charge in [0.15, 0.2) is 18.1 Å². The highest BCUT2D eigenvalue weighted by molar-refractivity contribution is 7.88. The first kappa shape index (κ1) is 20.3. The highest BCUT2D eigenvalue weighted by atomic mass is 32.2. The molecular weight excluding hydrogens is 356 g/mol. The summed E-state index contributed by atoms with van der Waals surface area (Å²) in [5.41, 5.74) is 0.976. The molecular formula is C18H26N2O5S. The van der Waals surface area contributed by atoms with E-state index >= 15 is 0 Å². The Labute approximate surface area is 155 Å². The quantitative estimate of drug-likeness (QED) is 0.775. The Morgan fingerprint density at radius 2 is 2.15 bits per heavy atom. The van der Waals surface area contributed by atoms with Gasteiger partial charge in [0, 0.05) is 19.1 Å². The number of amides is 1. The molecule has 1 aromatic rings. The van der Waals surface area contributed by atoms with E-state index in [0.717, 1.165) is 18.4 Å². The van der Waals surface area contributed by atoms with E-state index in [4.69, 9.17) is 9.47 Å².